The Bertz CT molecular complexity index is 251. The Hall–Kier alpha value is -1.30. The van der Waals surface area contributed by atoms with Crippen molar-refractivity contribution in [2.75, 3.05) is 13.2 Å². The summed E-state index contributed by atoms with van der Waals surface area (Å²) in [5, 5.41) is 13.9. The van der Waals surface area contributed by atoms with E-state index in [9.17, 15) is 9.59 Å². The molecule has 2 amide bonds. The number of nitrogens with one attached hydrogen (secondary N) is 2. The molecule has 0 saturated carbocycles. The summed E-state index contributed by atoms with van der Waals surface area (Å²) in [6, 6.07) is -1.15. The van der Waals surface area contributed by atoms with Crippen molar-refractivity contribution in [1.29, 1.82) is 0 Å². The first kappa shape index (κ1) is 12.8. The summed E-state index contributed by atoms with van der Waals surface area (Å²) in [5.41, 5.74) is 0. The van der Waals surface area contributed by atoms with Crippen LogP contribution >= 0.6 is 0 Å². The number of aliphatic carboxylic acids is 1. The molecule has 92 valence electrons. The molecule has 6 nitrogen and oxygen atoms in total. The highest BCUT2D eigenvalue weighted by molar-refractivity contribution is 5.82. The van der Waals surface area contributed by atoms with Crippen LogP contribution in [0.15, 0.2) is 0 Å². The summed E-state index contributed by atoms with van der Waals surface area (Å²) in [6.45, 7) is 3.00. The predicted octanol–water partition coefficient (Wildman–Crippen LogP) is 0.328. The lowest BCUT2D eigenvalue weighted by Crippen LogP contribution is -2.49. The number of carboxylic acids is 1. The minimum absolute atomic E-state index is 0.0834. The van der Waals surface area contributed by atoms with E-state index in [-0.39, 0.29) is 6.04 Å². The summed E-state index contributed by atoms with van der Waals surface area (Å²) >= 11 is 0. The molecule has 0 aromatic heterocycles. The zero-order valence-corrected chi connectivity index (χ0v) is 9.36. The van der Waals surface area contributed by atoms with Crippen molar-refractivity contribution >= 4 is 12.0 Å². The fourth-order valence-electron chi connectivity index (χ4n) is 1.57. The predicted molar refractivity (Wildman–Crippen MR) is 57.2 cm³/mol. The molecule has 1 heterocycles. The first-order chi connectivity index (χ1) is 7.63. The van der Waals surface area contributed by atoms with Gasteiger partial charge in [-0.2, -0.15) is 0 Å². The number of rotatable bonds is 4. The van der Waals surface area contributed by atoms with Gasteiger partial charge in [0.25, 0.3) is 0 Å². The van der Waals surface area contributed by atoms with Gasteiger partial charge in [0.15, 0.2) is 0 Å². The van der Waals surface area contributed by atoms with Gasteiger partial charge in [-0.05, 0) is 19.3 Å². The molecule has 1 atom stereocenters. The largest absolute Gasteiger partial charge is 0.480 e. The van der Waals surface area contributed by atoms with E-state index in [1.165, 1.54) is 0 Å². The van der Waals surface area contributed by atoms with E-state index in [1.807, 2.05) is 0 Å². The van der Waals surface area contributed by atoms with Crippen molar-refractivity contribution in [3.05, 3.63) is 0 Å². The lowest BCUT2D eigenvalue weighted by atomic mass is 10.1. The number of carboxylic acid groups (broad SMARTS) is 1. The number of carbonyl (C=O) groups excluding carboxylic acids is 1. The molecule has 6 heteroatoms. The van der Waals surface area contributed by atoms with Gasteiger partial charge in [-0.3, -0.25) is 0 Å². The average Bonchev–Trinajstić information content (AvgIpc) is 2.27. The molecule has 3 N–H and O–H groups in total. The Morgan fingerprint density at radius 1 is 1.44 bits per heavy atom. The third-order valence-electron chi connectivity index (χ3n) is 2.57. The van der Waals surface area contributed by atoms with Crippen molar-refractivity contribution in [2.24, 2.45) is 0 Å². The van der Waals surface area contributed by atoms with Crippen LogP contribution in [0.1, 0.15) is 26.2 Å². The van der Waals surface area contributed by atoms with Crippen LogP contribution in [0.3, 0.4) is 0 Å². The molecule has 1 aliphatic rings. The van der Waals surface area contributed by atoms with Crippen LogP contribution in [0.4, 0.5) is 4.79 Å². The van der Waals surface area contributed by atoms with Gasteiger partial charge in [-0.25, -0.2) is 9.59 Å². The molecular weight excluding hydrogens is 212 g/mol. The van der Waals surface area contributed by atoms with Gasteiger partial charge in [-0.15, -0.1) is 0 Å². The highest BCUT2D eigenvalue weighted by atomic mass is 16.5. The smallest absolute Gasteiger partial charge is 0.326 e. The van der Waals surface area contributed by atoms with Gasteiger partial charge in [-0.1, -0.05) is 6.92 Å². The summed E-state index contributed by atoms with van der Waals surface area (Å²) < 4.78 is 5.16. The van der Waals surface area contributed by atoms with Crippen LogP contribution in [0.5, 0.6) is 0 Å². The maximum Gasteiger partial charge on any atom is 0.326 e. The van der Waals surface area contributed by atoms with Gasteiger partial charge in [0, 0.05) is 19.3 Å². The number of hydrogen-bond donors (Lipinski definition) is 3. The number of amides is 2. The van der Waals surface area contributed by atoms with Crippen LogP contribution in [0, 0.1) is 0 Å². The summed E-state index contributed by atoms with van der Waals surface area (Å²) in [7, 11) is 0. The van der Waals surface area contributed by atoms with Crippen molar-refractivity contribution in [3.8, 4) is 0 Å². The van der Waals surface area contributed by atoms with Crippen molar-refractivity contribution in [3.63, 3.8) is 0 Å². The number of ether oxygens (including phenoxy) is 1. The summed E-state index contributed by atoms with van der Waals surface area (Å²) in [4.78, 5) is 22.2. The third-order valence-corrected chi connectivity index (χ3v) is 2.57. The average molecular weight is 230 g/mol. The van der Waals surface area contributed by atoms with Crippen LogP contribution in [0.25, 0.3) is 0 Å². The van der Waals surface area contributed by atoms with Crippen molar-refractivity contribution in [2.45, 2.75) is 38.3 Å². The Balaban J connectivity index is 2.31. The Morgan fingerprint density at radius 2 is 2.06 bits per heavy atom. The molecule has 0 aromatic carbocycles. The monoisotopic (exact) mass is 230 g/mol. The SMILES string of the molecule is CC[C@H](NC(=O)NC1CCOCC1)C(=O)O. The molecule has 0 bridgehead atoms. The highest BCUT2D eigenvalue weighted by Gasteiger charge is 2.20. The molecular formula is C10H18N2O4. The van der Waals surface area contributed by atoms with Gasteiger partial charge in [0.2, 0.25) is 0 Å². The van der Waals surface area contributed by atoms with E-state index in [0.717, 1.165) is 12.8 Å². The first-order valence-electron chi connectivity index (χ1n) is 5.51. The second-order valence-corrected chi connectivity index (χ2v) is 3.80. The second kappa shape index (κ2) is 6.32. The third kappa shape index (κ3) is 4.06. The molecule has 0 radical (unpaired) electrons. The molecule has 0 spiro atoms. The fourth-order valence-corrected chi connectivity index (χ4v) is 1.57. The van der Waals surface area contributed by atoms with E-state index in [0.29, 0.717) is 19.6 Å². The standard InChI is InChI=1S/C10H18N2O4/c1-2-8(9(13)14)12-10(15)11-7-3-5-16-6-4-7/h7-8H,2-6H2,1H3,(H,13,14)(H2,11,12,15)/t8-/m0/s1. The Morgan fingerprint density at radius 3 is 2.56 bits per heavy atom. The van der Waals surface area contributed by atoms with E-state index < -0.39 is 18.0 Å². The summed E-state index contributed by atoms with van der Waals surface area (Å²) in [5.74, 6) is -1.01. The Labute approximate surface area is 94.3 Å². The molecule has 16 heavy (non-hydrogen) atoms. The zero-order chi connectivity index (χ0) is 12.0. The topological polar surface area (TPSA) is 87.7 Å². The lowest BCUT2D eigenvalue weighted by molar-refractivity contribution is -0.139. The molecule has 1 fully saturated rings. The second-order valence-electron chi connectivity index (χ2n) is 3.80. The molecule has 0 aliphatic carbocycles. The summed E-state index contributed by atoms with van der Waals surface area (Å²) in [6.07, 6.45) is 1.92. The molecule has 1 rings (SSSR count). The minimum atomic E-state index is -1.01. The van der Waals surface area contributed by atoms with Gasteiger partial charge >= 0.3 is 12.0 Å². The van der Waals surface area contributed by atoms with Gasteiger partial charge < -0.3 is 20.5 Å². The fraction of sp³-hybridized carbons (Fsp3) is 0.800. The molecule has 1 saturated heterocycles. The number of carbonyl (C=O) groups is 2. The zero-order valence-electron chi connectivity index (χ0n) is 9.36. The Kier molecular flexibility index (Phi) is 5.04. The van der Waals surface area contributed by atoms with Crippen LogP contribution in [-0.4, -0.2) is 42.4 Å². The molecule has 1 aliphatic heterocycles. The van der Waals surface area contributed by atoms with Gasteiger partial charge in [0.05, 0.1) is 0 Å². The maximum atomic E-state index is 11.5. The molecule has 0 aromatic rings. The van der Waals surface area contributed by atoms with Crippen molar-refractivity contribution in [1.82, 2.24) is 10.6 Å². The van der Waals surface area contributed by atoms with Gasteiger partial charge in [0.1, 0.15) is 6.04 Å². The number of hydrogen-bond acceptors (Lipinski definition) is 3. The maximum absolute atomic E-state index is 11.5. The van der Waals surface area contributed by atoms with Crippen LogP contribution in [-0.2, 0) is 9.53 Å². The van der Waals surface area contributed by atoms with E-state index in [4.69, 9.17) is 9.84 Å². The van der Waals surface area contributed by atoms with E-state index >= 15 is 0 Å². The number of urea groups is 1. The quantitative estimate of drug-likeness (QED) is 0.649. The minimum Gasteiger partial charge on any atom is -0.480 e. The normalized spacial score (nSPS) is 18.8. The van der Waals surface area contributed by atoms with Crippen molar-refractivity contribution < 1.29 is 19.4 Å². The van der Waals surface area contributed by atoms with Crippen LogP contribution in [0.2, 0.25) is 0 Å². The highest BCUT2D eigenvalue weighted by Crippen LogP contribution is 2.05. The molecule has 0 unspecified atom stereocenters. The lowest BCUT2D eigenvalue weighted by Gasteiger charge is -2.24. The van der Waals surface area contributed by atoms with E-state index in [2.05, 4.69) is 10.6 Å². The van der Waals surface area contributed by atoms with Crippen LogP contribution < -0.4 is 10.6 Å². The van der Waals surface area contributed by atoms with E-state index in [1.54, 1.807) is 6.92 Å². The first-order valence-corrected chi connectivity index (χ1v) is 5.51.